The minimum absolute atomic E-state index is 0.118. The summed E-state index contributed by atoms with van der Waals surface area (Å²) in [6, 6.07) is 23.2. The van der Waals surface area contributed by atoms with Crippen molar-refractivity contribution in [2.75, 3.05) is 0 Å². The molecule has 3 aromatic carbocycles. The van der Waals surface area contributed by atoms with Crippen LogP contribution >= 0.6 is 22.9 Å². The molecule has 0 fully saturated rings. The van der Waals surface area contributed by atoms with E-state index in [1.165, 1.54) is 32.0 Å². The molecule has 0 N–H and O–H groups in total. The van der Waals surface area contributed by atoms with Gasteiger partial charge in [0.25, 0.3) is 0 Å². The van der Waals surface area contributed by atoms with Crippen LogP contribution < -0.4 is 0 Å². The Hall–Kier alpha value is -1.83. The maximum absolute atomic E-state index is 6.84. The van der Waals surface area contributed by atoms with Gasteiger partial charge in [-0.1, -0.05) is 60.7 Å². The summed E-state index contributed by atoms with van der Waals surface area (Å²) in [7, 11) is 0. The van der Waals surface area contributed by atoms with Crippen molar-refractivity contribution in [3.63, 3.8) is 0 Å². The Bertz CT molecular complexity index is 918. The molecule has 0 spiro atoms. The fourth-order valence-corrected chi connectivity index (χ4v) is 4.27. The van der Waals surface area contributed by atoms with Crippen molar-refractivity contribution >= 4 is 43.8 Å². The number of hydrogen-bond acceptors (Lipinski definition) is 1. The zero-order chi connectivity index (χ0) is 14.2. The molecule has 1 aromatic heterocycles. The highest BCUT2D eigenvalue weighted by atomic mass is 35.5. The van der Waals surface area contributed by atoms with Crippen molar-refractivity contribution in [3.05, 3.63) is 83.2 Å². The van der Waals surface area contributed by atoms with Crippen molar-refractivity contribution in [1.29, 1.82) is 0 Å². The number of benzene rings is 3. The van der Waals surface area contributed by atoms with E-state index in [4.69, 9.17) is 11.6 Å². The molecule has 0 radical (unpaired) electrons. The molecule has 4 aromatic rings. The summed E-state index contributed by atoms with van der Waals surface area (Å²) in [4.78, 5) is 0. The molecule has 2 heteroatoms. The Balaban J connectivity index is 1.92. The van der Waals surface area contributed by atoms with Crippen LogP contribution in [0, 0.1) is 0 Å². The van der Waals surface area contributed by atoms with Crippen LogP contribution in [0.25, 0.3) is 20.9 Å². The molecular weight excluding hydrogens is 296 g/mol. The van der Waals surface area contributed by atoms with Gasteiger partial charge in [-0.15, -0.1) is 22.9 Å². The monoisotopic (exact) mass is 308 g/mol. The average Bonchev–Trinajstić information content (AvgIpc) is 2.98. The summed E-state index contributed by atoms with van der Waals surface area (Å²) in [6.07, 6.45) is 0. The van der Waals surface area contributed by atoms with Crippen LogP contribution in [0.15, 0.2) is 72.1 Å². The molecule has 0 aliphatic rings. The van der Waals surface area contributed by atoms with Gasteiger partial charge in [-0.05, 0) is 38.7 Å². The first-order chi connectivity index (χ1) is 10.3. The molecule has 0 bridgehead atoms. The number of rotatable bonds is 2. The second-order valence-electron chi connectivity index (χ2n) is 5.12. The van der Waals surface area contributed by atoms with Crippen LogP contribution in [-0.2, 0) is 0 Å². The van der Waals surface area contributed by atoms with E-state index < -0.39 is 0 Å². The lowest BCUT2D eigenvalue weighted by molar-refractivity contribution is 1.19. The smallest absolute Gasteiger partial charge is 0.0855 e. The van der Waals surface area contributed by atoms with Crippen molar-refractivity contribution in [2.24, 2.45) is 0 Å². The molecular formula is C19H13ClS. The molecule has 0 nitrogen and oxygen atoms in total. The highest BCUT2D eigenvalue weighted by Gasteiger charge is 2.17. The van der Waals surface area contributed by atoms with Gasteiger partial charge in [-0.3, -0.25) is 0 Å². The fraction of sp³-hybridized carbons (Fsp3) is 0.0526. The summed E-state index contributed by atoms with van der Waals surface area (Å²) in [5.41, 5.74) is 2.38. The highest BCUT2D eigenvalue weighted by Crippen LogP contribution is 2.39. The van der Waals surface area contributed by atoms with Crippen molar-refractivity contribution in [2.45, 2.75) is 5.38 Å². The van der Waals surface area contributed by atoms with Gasteiger partial charge in [0.1, 0.15) is 0 Å². The van der Waals surface area contributed by atoms with Gasteiger partial charge in [0.15, 0.2) is 0 Å². The summed E-state index contributed by atoms with van der Waals surface area (Å²) in [5, 5.41) is 5.79. The SMILES string of the molecule is ClC(c1cccc2ccccc12)c1csc2ccccc12. The van der Waals surface area contributed by atoms with Crippen LogP contribution in [-0.4, -0.2) is 0 Å². The molecule has 1 heterocycles. The molecule has 1 atom stereocenters. The Morgan fingerprint density at radius 3 is 2.33 bits per heavy atom. The Morgan fingerprint density at radius 2 is 1.43 bits per heavy atom. The lowest BCUT2D eigenvalue weighted by Crippen LogP contribution is -1.93. The maximum atomic E-state index is 6.84. The van der Waals surface area contributed by atoms with Gasteiger partial charge >= 0.3 is 0 Å². The van der Waals surface area contributed by atoms with Gasteiger partial charge in [0.05, 0.1) is 5.38 Å². The molecule has 0 aliphatic carbocycles. The average molecular weight is 309 g/mol. The van der Waals surface area contributed by atoms with Crippen molar-refractivity contribution in [1.82, 2.24) is 0 Å². The molecule has 102 valence electrons. The van der Waals surface area contributed by atoms with E-state index in [2.05, 4.69) is 72.1 Å². The fourth-order valence-electron chi connectivity index (χ4n) is 2.83. The molecule has 0 amide bonds. The van der Waals surface area contributed by atoms with Crippen LogP contribution in [0.4, 0.5) is 0 Å². The summed E-state index contributed by atoms with van der Waals surface area (Å²) < 4.78 is 1.29. The maximum Gasteiger partial charge on any atom is 0.0855 e. The molecule has 4 rings (SSSR count). The van der Waals surface area contributed by atoms with Crippen LogP contribution in [0.5, 0.6) is 0 Å². The van der Waals surface area contributed by atoms with Crippen molar-refractivity contribution in [3.8, 4) is 0 Å². The number of thiophene rings is 1. The first-order valence-corrected chi connectivity index (χ1v) is 8.24. The summed E-state index contributed by atoms with van der Waals surface area (Å²) in [5.74, 6) is 0. The predicted octanol–water partition coefficient (Wildman–Crippen LogP) is 6.38. The van der Waals surface area contributed by atoms with E-state index in [1.807, 2.05) is 0 Å². The first kappa shape index (κ1) is 12.9. The number of alkyl halides is 1. The van der Waals surface area contributed by atoms with E-state index in [0.29, 0.717) is 0 Å². The minimum atomic E-state index is -0.118. The van der Waals surface area contributed by atoms with Gasteiger partial charge in [-0.2, -0.15) is 0 Å². The van der Waals surface area contributed by atoms with E-state index in [9.17, 15) is 0 Å². The number of fused-ring (bicyclic) bond motifs is 2. The topological polar surface area (TPSA) is 0 Å². The summed E-state index contributed by atoms with van der Waals surface area (Å²) in [6.45, 7) is 0. The normalized spacial score (nSPS) is 12.8. The van der Waals surface area contributed by atoms with E-state index in [0.717, 1.165) is 0 Å². The van der Waals surface area contributed by atoms with Crippen LogP contribution in [0.3, 0.4) is 0 Å². The highest BCUT2D eigenvalue weighted by molar-refractivity contribution is 7.17. The third kappa shape index (κ3) is 2.14. The molecule has 21 heavy (non-hydrogen) atoms. The zero-order valence-corrected chi connectivity index (χ0v) is 12.9. The number of hydrogen-bond donors (Lipinski definition) is 0. The minimum Gasteiger partial charge on any atom is -0.143 e. The quantitative estimate of drug-likeness (QED) is 0.377. The standard InChI is InChI=1S/C19H13ClS/c20-19(17-12-21-18-11-4-3-9-15(17)18)16-10-5-7-13-6-1-2-8-14(13)16/h1-12,19H. The third-order valence-electron chi connectivity index (χ3n) is 3.88. The zero-order valence-electron chi connectivity index (χ0n) is 11.3. The lowest BCUT2D eigenvalue weighted by atomic mass is 9.98. The van der Waals surface area contributed by atoms with Gasteiger partial charge in [-0.25, -0.2) is 0 Å². The first-order valence-electron chi connectivity index (χ1n) is 6.92. The predicted molar refractivity (Wildman–Crippen MR) is 93.5 cm³/mol. The molecule has 1 unspecified atom stereocenters. The third-order valence-corrected chi connectivity index (χ3v) is 5.33. The largest absolute Gasteiger partial charge is 0.143 e. The van der Waals surface area contributed by atoms with Gasteiger partial charge in [0.2, 0.25) is 0 Å². The lowest BCUT2D eigenvalue weighted by Gasteiger charge is -2.12. The second kappa shape index (κ2) is 5.18. The van der Waals surface area contributed by atoms with Crippen LogP contribution in [0.1, 0.15) is 16.5 Å². The van der Waals surface area contributed by atoms with Crippen LogP contribution in [0.2, 0.25) is 0 Å². The molecule has 0 saturated heterocycles. The Morgan fingerprint density at radius 1 is 0.714 bits per heavy atom. The molecule has 0 aliphatic heterocycles. The Labute approximate surface area is 132 Å². The van der Waals surface area contributed by atoms with Gasteiger partial charge < -0.3 is 0 Å². The second-order valence-corrected chi connectivity index (χ2v) is 6.47. The Kier molecular flexibility index (Phi) is 3.17. The summed E-state index contributed by atoms with van der Waals surface area (Å²) >= 11 is 8.60. The van der Waals surface area contributed by atoms with E-state index >= 15 is 0 Å². The van der Waals surface area contributed by atoms with E-state index in [-0.39, 0.29) is 5.38 Å². The van der Waals surface area contributed by atoms with Gasteiger partial charge in [0, 0.05) is 4.70 Å². The van der Waals surface area contributed by atoms with Crippen molar-refractivity contribution < 1.29 is 0 Å². The molecule has 0 saturated carbocycles. The van der Waals surface area contributed by atoms with E-state index in [1.54, 1.807) is 11.3 Å². The number of halogens is 1.